The van der Waals surface area contributed by atoms with Gasteiger partial charge in [-0.1, -0.05) is 6.07 Å². The number of rotatable bonds is 4. The molecule has 98 valence electrons. The molecule has 0 heterocycles. The maximum absolute atomic E-state index is 12.2. The topological polar surface area (TPSA) is 90.2 Å². The second-order valence-corrected chi connectivity index (χ2v) is 6.39. The Morgan fingerprint density at radius 1 is 1.44 bits per heavy atom. The number of sulfonamides is 1. The lowest BCUT2D eigenvalue weighted by Gasteiger charge is -2.23. The van der Waals surface area contributed by atoms with Crippen molar-refractivity contribution in [1.82, 2.24) is 4.72 Å². The Kier molecular flexibility index (Phi) is 4.12. The monoisotopic (exact) mass is 268 g/mol. The number of benzene rings is 1. The average molecular weight is 268 g/mol. The summed E-state index contributed by atoms with van der Waals surface area (Å²) in [6.45, 7) is 4.49. The Balaban J connectivity index is 3.25. The normalized spacial score (nSPS) is 12.2. The van der Waals surface area contributed by atoms with Crippen LogP contribution in [-0.2, 0) is 10.0 Å². The van der Waals surface area contributed by atoms with Crippen LogP contribution in [0.2, 0.25) is 0 Å². The number of nitrogens with one attached hydrogen (secondary N) is 1. The molecule has 0 fully saturated rings. The number of nitrogens with zero attached hydrogens (tertiary/aromatic N) is 1. The van der Waals surface area contributed by atoms with E-state index in [0.717, 1.165) is 0 Å². The van der Waals surface area contributed by atoms with Gasteiger partial charge in [0.25, 0.3) is 0 Å². The minimum atomic E-state index is -3.75. The van der Waals surface area contributed by atoms with Crippen LogP contribution in [0.15, 0.2) is 23.1 Å². The standard InChI is InChI=1S/C12H16N2O3S/c1-9-4-5-10(7-13)6-11(9)18(16,17)14-12(2,3)8-15/h4-6,14-15H,8H2,1-3H3. The number of hydrogen-bond acceptors (Lipinski definition) is 4. The summed E-state index contributed by atoms with van der Waals surface area (Å²) in [5.41, 5.74) is -0.119. The van der Waals surface area contributed by atoms with Crippen molar-refractivity contribution in [3.05, 3.63) is 29.3 Å². The third-order valence-corrected chi connectivity index (χ3v) is 4.25. The van der Waals surface area contributed by atoms with E-state index in [1.54, 1.807) is 32.9 Å². The Labute approximate surface area is 107 Å². The largest absolute Gasteiger partial charge is 0.394 e. The molecule has 2 N–H and O–H groups in total. The SMILES string of the molecule is Cc1ccc(C#N)cc1S(=O)(=O)NC(C)(C)CO. The first-order valence-electron chi connectivity index (χ1n) is 5.37. The summed E-state index contributed by atoms with van der Waals surface area (Å²) in [6.07, 6.45) is 0. The quantitative estimate of drug-likeness (QED) is 0.849. The van der Waals surface area contributed by atoms with Gasteiger partial charge in [-0.2, -0.15) is 5.26 Å². The molecule has 0 saturated carbocycles. The number of nitriles is 1. The first-order chi connectivity index (χ1) is 8.22. The van der Waals surface area contributed by atoms with Crippen LogP contribution in [0.3, 0.4) is 0 Å². The first kappa shape index (κ1) is 14.6. The van der Waals surface area contributed by atoms with Crippen molar-refractivity contribution < 1.29 is 13.5 Å². The van der Waals surface area contributed by atoms with E-state index in [1.165, 1.54) is 6.07 Å². The van der Waals surface area contributed by atoms with Crippen molar-refractivity contribution in [1.29, 1.82) is 5.26 Å². The zero-order valence-corrected chi connectivity index (χ0v) is 11.4. The predicted octanol–water partition coefficient (Wildman–Crippen LogP) is 0.916. The second-order valence-electron chi connectivity index (χ2n) is 4.74. The van der Waals surface area contributed by atoms with Gasteiger partial charge in [-0.3, -0.25) is 0 Å². The molecule has 1 aromatic carbocycles. The molecule has 6 heteroatoms. The molecule has 0 aliphatic heterocycles. The molecule has 0 bridgehead atoms. The van der Waals surface area contributed by atoms with Crippen molar-refractivity contribution in [2.75, 3.05) is 6.61 Å². The molecular formula is C12H16N2O3S. The number of aliphatic hydroxyl groups is 1. The lowest BCUT2D eigenvalue weighted by atomic mass is 10.1. The Morgan fingerprint density at radius 3 is 2.56 bits per heavy atom. The van der Waals surface area contributed by atoms with E-state index >= 15 is 0 Å². The molecule has 5 nitrogen and oxygen atoms in total. The number of aryl methyl sites for hydroxylation is 1. The van der Waals surface area contributed by atoms with E-state index in [2.05, 4.69) is 4.72 Å². The molecule has 0 unspecified atom stereocenters. The fourth-order valence-electron chi connectivity index (χ4n) is 1.41. The molecule has 1 aromatic rings. The van der Waals surface area contributed by atoms with E-state index < -0.39 is 15.6 Å². The van der Waals surface area contributed by atoms with Crippen LogP contribution in [0.1, 0.15) is 25.0 Å². The van der Waals surface area contributed by atoms with Gasteiger partial charge in [-0.05, 0) is 38.5 Å². The summed E-state index contributed by atoms with van der Waals surface area (Å²) in [5, 5.41) is 17.9. The van der Waals surface area contributed by atoms with Gasteiger partial charge in [-0.15, -0.1) is 0 Å². The van der Waals surface area contributed by atoms with Crippen molar-refractivity contribution >= 4 is 10.0 Å². The van der Waals surface area contributed by atoms with Crippen molar-refractivity contribution in [2.45, 2.75) is 31.2 Å². The average Bonchev–Trinajstić information content (AvgIpc) is 2.28. The molecule has 0 saturated heterocycles. The fraction of sp³-hybridized carbons (Fsp3) is 0.417. The highest BCUT2D eigenvalue weighted by Gasteiger charge is 2.26. The molecule has 0 amide bonds. The zero-order chi connectivity index (χ0) is 14.0. The molecule has 1 rings (SSSR count). The number of hydrogen-bond donors (Lipinski definition) is 2. The van der Waals surface area contributed by atoms with Gasteiger partial charge in [-0.25, -0.2) is 13.1 Å². The molecule has 0 aliphatic rings. The maximum Gasteiger partial charge on any atom is 0.241 e. The molecule has 0 aromatic heterocycles. The minimum Gasteiger partial charge on any atom is -0.394 e. The van der Waals surface area contributed by atoms with Gasteiger partial charge in [0.1, 0.15) is 0 Å². The van der Waals surface area contributed by atoms with Crippen LogP contribution < -0.4 is 4.72 Å². The van der Waals surface area contributed by atoms with Crippen LogP contribution in [0.5, 0.6) is 0 Å². The van der Waals surface area contributed by atoms with Crippen LogP contribution >= 0.6 is 0 Å². The highest BCUT2D eigenvalue weighted by molar-refractivity contribution is 7.89. The van der Waals surface area contributed by atoms with Gasteiger partial charge < -0.3 is 5.11 Å². The smallest absolute Gasteiger partial charge is 0.241 e. The summed E-state index contributed by atoms with van der Waals surface area (Å²) in [5.74, 6) is 0. The third-order valence-electron chi connectivity index (χ3n) is 2.41. The van der Waals surface area contributed by atoms with E-state index in [0.29, 0.717) is 5.56 Å². The summed E-state index contributed by atoms with van der Waals surface area (Å²) in [7, 11) is -3.75. The van der Waals surface area contributed by atoms with Crippen LogP contribution in [0, 0.1) is 18.3 Å². The summed E-state index contributed by atoms with van der Waals surface area (Å²) in [4.78, 5) is 0.0584. The molecule has 0 spiro atoms. The lowest BCUT2D eigenvalue weighted by molar-refractivity contribution is 0.208. The van der Waals surface area contributed by atoms with E-state index in [9.17, 15) is 8.42 Å². The Hall–Kier alpha value is -1.42. The summed E-state index contributed by atoms with van der Waals surface area (Å²) in [6, 6.07) is 6.37. The van der Waals surface area contributed by atoms with Crippen LogP contribution in [-0.4, -0.2) is 25.7 Å². The molecule has 0 atom stereocenters. The summed E-state index contributed by atoms with van der Waals surface area (Å²) < 4.78 is 26.7. The molecule has 18 heavy (non-hydrogen) atoms. The van der Waals surface area contributed by atoms with Crippen LogP contribution in [0.4, 0.5) is 0 Å². The predicted molar refractivity (Wildman–Crippen MR) is 67.4 cm³/mol. The fourth-order valence-corrected chi connectivity index (χ4v) is 3.09. The maximum atomic E-state index is 12.2. The zero-order valence-electron chi connectivity index (χ0n) is 10.6. The minimum absolute atomic E-state index is 0.0584. The van der Waals surface area contributed by atoms with Crippen LogP contribution in [0.25, 0.3) is 0 Å². The Bertz CT molecular complexity index is 586. The number of aliphatic hydroxyl groups excluding tert-OH is 1. The molecular weight excluding hydrogens is 252 g/mol. The van der Waals surface area contributed by atoms with Crippen molar-refractivity contribution in [3.63, 3.8) is 0 Å². The highest BCUT2D eigenvalue weighted by atomic mass is 32.2. The van der Waals surface area contributed by atoms with E-state index in [4.69, 9.17) is 10.4 Å². The van der Waals surface area contributed by atoms with Gasteiger partial charge >= 0.3 is 0 Å². The second kappa shape index (κ2) is 5.06. The molecule has 0 aliphatic carbocycles. The summed E-state index contributed by atoms with van der Waals surface area (Å²) >= 11 is 0. The molecule has 0 radical (unpaired) electrons. The van der Waals surface area contributed by atoms with Gasteiger partial charge in [0.2, 0.25) is 10.0 Å². The van der Waals surface area contributed by atoms with E-state index in [1.807, 2.05) is 6.07 Å². The highest BCUT2D eigenvalue weighted by Crippen LogP contribution is 2.18. The van der Waals surface area contributed by atoms with Gasteiger partial charge in [0, 0.05) is 0 Å². The van der Waals surface area contributed by atoms with E-state index in [-0.39, 0.29) is 17.1 Å². The van der Waals surface area contributed by atoms with Crippen molar-refractivity contribution in [3.8, 4) is 6.07 Å². The van der Waals surface area contributed by atoms with Gasteiger partial charge in [0.05, 0.1) is 28.7 Å². The van der Waals surface area contributed by atoms with Crippen molar-refractivity contribution in [2.24, 2.45) is 0 Å². The Morgan fingerprint density at radius 2 is 2.06 bits per heavy atom. The first-order valence-corrected chi connectivity index (χ1v) is 6.86. The third kappa shape index (κ3) is 3.29. The van der Waals surface area contributed by atoms with Gasteiger partial charge in [0.15, 0.2) is 0 Å². The lowest BCUT2D eigenvalue weighted by Crippen LogP contribution is -2.46.